The minimum atomic E-state index is -0.663. The molecule has 0 spiro atoms. The predicted octanol–water partition coefficient (Wildman–Crippen LogP) is 4.57. The molecule has 0 atom stereocenters. The Kier molecular flexibility index (Phi) is 4.97. The van der Waals surface area contributed by atoms with Gasteiger partial charge in [-0.05, 0) is 36.2 Å². The number of nitrogens with zero attached hydrogens (tertiary/aromatic N) is 4. The highest BCUT2D eigenvalue weighted by Crippen LogP contribution is 2.29. The molecule has 0 unspecified atom stereocenters. The fourth-order valence-electron chi connectivity index (χ4n) is 3.37. The first-order valence-corrected chi connectivity index (χ1v) is 9.06. The van der Waals surface area contributed by atoms with Crippen LogP contribution >= 0.6 is 0 Å². The van der Waals surface area contributed by atoms with Crippen molar-refractivity contribution in [1.82, 2.24) is 19.6 Å². The molecule has 3 aromatic heterocycles. The molecule has 1 aromatic carbocycles. The van der Waals surface area contributed by atoms with Crippen LogP contribution in [0.5, 0.6) is 0 Å². The standard InChI is InChI=1S/C21H19F2N5/c1-2-14-5-3-7-18(23)17(14)12-25-20-9-8-16(21-27-26-13-28(20)21)15-6-4-10-24-19(15)11-22/h3-10,13,25H,2,11-12H2,1H3. The third kappa shape index (κ3) is 3.19. The molecule has 28 heavy (non-hydrogen) atoms. The third-order valence-corrected chi connectivity index (χ3v) is 4.81. The first-order valence-electron chi connectivity index (χ1n) is 9.06. The summed E-state index contributed by atoms with van der Waals surface area (Å²) in [6.45, 7) is 1.68. The number of hydrogen-bond donors (Lipinski definition) is 1. The van der Waals surface area contributed by atoms with Crippen LogP contribution in [0.25, 0.3) is 16.8 Å². The molecule has 0 aliphatic carbocycles. The Morgan fingerprint density at radius 3 is 2.79 bits per heavy atom. The van der Waals surface area contributed by atoms with Gasteiger partial charge in [0.25, 0.3) is 0 Å². The van der Waals surface area contributed by atoms with Gasteiger partial charge in [0.15, 0.2) is 5.65 Å². The fourth-order valence-corrected chi connectivity index (χ4v) is 3.37. The third-order valence-electron chi connectivity index (χ3n) is 4.81. The molecule has 4 aromatic rings. The van der Waals surface area contributed by atoms with Gasteiger partial charge in [-0.15, -0.1) is 10.2 Å². The molecule has 0 radical (unpaired) electrons. The number of alkyl halides is 1. The molecule has 0 fully saturated rings. The van der Waals surface area contributed by atoms with Crippen LogP contribution in [-0.4, -0.2) is 19.6 Å². The molecule has 0 saturated heterocycles. The number of aromatic nitrogens is 4. The topological polar surface area (TPSA) is 55.1 Å². The van der Waals surface area contributed by atoms with E-state index in [4.69, 9.17) is 0 Å². The van der Waals surface area contributed by atoms with Gasteiger partial charge in [0.2, 0.25) is 0 Å². The second kappa shape index (κ2) is 7.72. The van der Waals surface area contributed by atoms with Gasteiger partial charge < -0.3 is 5.32 Å². The lowest BCUT2D eigenvalue weighted by molar-refractivity contribution is 0.477. The maximum atomic E-state index is 14.2. The highest BCUT2D eigenvalue weighted by Gasteiger charge is 2.14. The number of nitrogens with one attached hydrogen (secondary N) is 1. The quantitative estimate of drug-likeness (QED) is 0.533. The lowest BCUT2D eigenvalue weighted by Crippen LogP contribution is -2.08. The number of fused-ring (bicyclic) bond motifs is 1. The van der Waals surface area contributed by atoms with Crippen molar-refractivity contribution in [3.05, 3.63) is 77.6 Å². The molecule has 142 valence electrons. The summed E-state index contributed by atoms with van der Waals surface area (Å²) in [4.78, 5) is 4.10. The summed E-state index contributed by atoms with van der Waals surface area (Å²) in [5.41, 5.74) is 3.96. The molecule has 7 heteroatoms. The normalized spacial score (nSPS) is 11.1. The Bertz CT molecular complexity index is 1120. The number of benzene rings is 1. The van der Waals surface area contributed by atoms with E-state index >= 15 is 0 Å². The molecule has 0 amide bonds. The average Bonchev–Trinajstić information content (AvgIpc) is 3.22. The minimum Gasteiger partial charge on any atom is -0.367 e. The van der Waals surface area contributed by atoms with Crippen molar-refractivity contribution in [3.63, 3.8) is 0 Å². The number of halogens is 2. The number of anilines is 1. The van der Waals surface area contributed by atoms with Crippen LogP contribution in [0.3, 0.4) is 0 Å². The zero-order valence-electron chi connectivity index (χ0n) is 15.4. The minimum absolute atomic E-state index is 0.230. The van der Waals surface area contributed by atoms with Gasteiger partial charge in [0.05, 0.1) is 5.69 Å². The Hall–Kier alpha value is -3.35. The zero-order chi connectivity index (χ0) is 19.5. The Balaban J connectivity index is 1.71. The molecule has 0 aliphatic rings. The van der Waals surface area contributed by atoms with Crippen LogP contribution in [-0.2, 0) is 19.6 Å². The Morgan fingerprint density at radius 2 is 1.96 bits per heavy atom. The van der Waals surface area contributed by atoms with E-state index in [2.05, 4.69) is 20.5 Å². The van der Waals surface area contributed by atoms with Gasteiger partial charge in [-0.3, -0.25) is 9.38 Å². The zero-order valence-corrected chi connectivity index (χ0v) is 15.4. The van der Waals surface area contributed by atoms with Gasteiger partial charge in [0.1, 0.15) is 24.6 Å². The fraction of sp³-hybridized carbons (Fsp3) is 0.190. The summed E-state index contributed by atoms with van der Waals surface area (Å²) in [7, 11) is 0. The van der Waals surface area contributed by atoms with Crippen LogP contribution < -0.4 is 5.32 Å². The highest BCUT2D eigenvalue weighted by atomic mass is 19.1. The van der Waals surface area contributed by atoms with Crippen molar-refractivity contribution in [2.45, 2.75) is 26.6 Å². The van der Waals surface area contributed by atoms with Crippen LogP contribution in [0.2, 0.25) is 0 Å². The van der Waals surface area contributed by atoms with Crippen molar-refractivity contribution in [2.75, 3.05) is 5.32 Å². The summed E-state index contributed by atoms with van der Waals surface area (Å²) in [6, 6.07) is 12.4. The van der Waals surface area contributed by atoms with Crippen molar-refractivity contribution in [1.29, 1.82) is 0 Å². The molecular weight excluding hydrogens is 360 g/mol. The number of hydrogen-bond acceptors (Lipinski definition) is 4. The van der Waals surface area contributed by atoms with Crippen LogP contribution in [0.15, 0.2) is 55.0 Å². The summed E-state index contributed by atoms with van der Waals surface area (Å²) in [5.74, 6) is 0.492. The average molecular weight is 379 g/mol. The molecular formula is C21H19F2N5. The predicted molar refractivity (Wildman–Crippen MR) is 104 cm³/mol. The molecule has 5 nitrogen and oxygen atoms in total. The molecule has 0 saturated carbocycles. The summed E-state index contributed by atoms with van der Waals surface area (Å²) in [5, 5.41) is 11.4. The van der Waals surface area contributed by atoms with Gasteiger partial charge in [-0.1, -0.05) is 25.1 Å². The van der Waals surface area contributed by atoms with Crippen molar-refractivity contribution in [3.8, 4) is 11.1 Å². The summed E-state index contributed by atoms with van der Waals surface area (Å²) >= 11 is 0. The maximum absolute atomic E-state index is 14.2. The van der Waals surface area contributed by atoms with Gasteiger partial charge in [-0.2, -0.15) is 0 Å². The van der Waals surface area contributed by atoms with E-state index in [0.717, 1.165) is 23.4 Å². The van der Waals surface area contributed by atoms with E-state index in [1.165, 1.54) is 6.07 Å². The van der Waals surface area contributed by atoms with Crippen LogP contribution in [0.4, 0.5) is 14.6 Å². The number of aryl methyl sites for hydroxylation is 1. The lowest BCUT2D eigenvalue weighted by Gasteiger charge is -2.14. The largest absolute Gasteiger partial charge is 0.367 e. The molecule has 3 heterocycles. The van der Waals surface area contributed by atoms with E-state index in [1.54, 1.807) is 29.1 Å². The van der Waals surface area contributed by atoms with Gasteiger partial charge in [0, 0.05) is 29.4 Å². The smallest absolute Gasteiger partial charge is 0.170 e. The Labute approximate surface area is 161 Å². The first kappa shape index (κ1) is 18.0. The summed E-state index contributed by atoms with van der Waals surface area (Å²) < 4.78 is 29.4. The second-order valence-corrected chi connectivity index (χ2v) is 6.37. The molecule has 0 bridgehead atoms. The van der Waals surface area contributed by atoms with E-state index in [9.17, 15) is 8.78 Å². The Morgan fingerprint density at radius 1 is 1.07 bits per heavy atom. The van der Waals surface area contributed by atoms with E-state index in [0.29, 0.717) is 29.0 Å². The van der Waals surface area contributed by atoms with E-state index < -0.39 is 6.67 Å². The second-order valence-electron chi connectivity index (χ2n) is 6.37. The SMILES string of the molecule is CCc1cccc(F)c1CNc1ccc(-c2cccnc2CF)c2nncn12. The summed E-state index contributed by atoms with van der Waals surface area (Å²) in [6.07, 6.45) is 3.90. The van der Waals surface area contributed by atoms with Crippen LogP contribution in [0, 0.1) is 5.82 Å². The van der Waals surface area contributed by atoms with Gasteiger partial charge >= 0.3 is 0 Å². The number of rotatable bonds is 6. The number of pyridine rings is 2. The molecule has 0 aliphatic heterocycles. The maximum Gasteiger partial charge on any atom is 0.170 e. The van der Waals surface area contributed by atoms with E-state index in [-0.39, 0.29) is 5.82 Å². The van der Waals surface area contributed by atoms with E-state index in [1.807, 2.05) is 31.2 Å². The van der Waals surface area contributed by atoms with Gasteiger partial charge in [-0.25, -0.2) is 8.78 Å². The molecule has 4 rings (SSSR count). The van der Waals surface area contributed by atoms with Crippen LogP contribution in [0.1, 0.15) is 23.7 Å². The van der Waals surface area contributed by atoms with Crippen molar-refractivity contribution in [2.24, 2.45) is 0 Å². The lowest BCUT2D eigenvalue weighted by atomic mass is 10.0. The molecule has 1 N–H and O–H groups in total. The van der Waals surface area contributed by atoms with Crippen molar-refractivity contribution < 1.29 is 8.78 Å². The van der Waals surface area contributed by atoms with Crippen molar-refractivity contribution >= 4 is 11.5 Å². The monoisotopic (exact) mass is 379 g/mol. The first-order chi connectivity index (χ1) is 13.7. The highest BCUT2D eigenvalue weighted by molar-refractivity contribution is 5.80.